The first kappa shape index (κ1) is 10.0. The monoisotopic (exact) mass is 170 g/mol. The molecule has 1 aliphatic rings. The van der Waals surface area contributed by atoms with Crippen molar-refractivity contribution in [1.82, 2.24) is 0 Å². The van der Waals surface area contributed by atoms with Crippen molar-refractivity contribution < 1.29 is 5.11 Å². The molecule has 0 spiro atoms. The highest BCUT2D eigenvalue weighted by Crippen LogP contribution is 2.40. The number of aliphatic hydroxyl groups is 1. The summed E-state index contributed by atoms with van der Waals surface area (Å²) in [6.45, 7) is 5.12. The van der Waals surface area contributed by atoms with E-state index < -0.39 is 0 Å². The molecule has 0 heterocycles. The third-order valence-corrected chi connectivity index (χ3v) is 3.08. The first-order valence-electron chi connectivity index (χ1n) is 5.25. The molecule has 0 amide bonds. The van der Waals surface area contributed by atoms with Gasteiger partial charge in [0.2, 0.25) is 0 Å². The summed E-state index contributed by atoms with van der Waals surface area (Å²) in [6.07, 6.45) is 7.78. The third kappa shape index (κ3) is 3.14. The van der Waals surface area contributed by atoms with Crippen LogP contribution in [-0.4, -0.2) is 11.7 Å². The smallest absolute Gasteiger partial charge is 0.0431 e. The maximum absolute atomic E-state index is 8.73. The highest BCUT2D eigenvalue weighted by molar-refractivity contribution is 4.79. The molecule has 1 rings (SSSR count). The fraction of sp³-hybridized carbons (Fsp3) is 1.00. The van der Waals surface area contributed by atoms with Crippen LogP contribution >= 0.6 is 0 Å². The molecule has 0 radical (unpaired) electrons. The second kappa shape index (κ2) is 4.27. The maximum Gasteiger partial charge on any atom is 0.0431 e. The van der Waals surface area contributed by atoms with Crippen molar-refractivity contribution in [3.63, 3.8) is 0 Å². The highest BCUT2D eigenvalue weighted by atomic mass is 16.2. The van der Waals surface area contributed by atoms with Gasteiger partial charge in [-0.25, -0.2) is 0 Å². The van der Waals surface area contributed by atoms with Crippen molar-refractivity contribution in [3.05, 3.63) is 0 Å². The number of rotatable bonds is 3. The van der Waals surface area contributed by atoms with Gasteiger partial charge in [-0.1, -0.05) is 26.7 Å². The Morgan fingerprint density at radius 2 is 2.17 bits per heavy atom. The lowest BCUT2D eigenvalue weighted by atomic mass is 9.71. The van der Waals surface area contributed by atoms with Gasteiger partial charge in [0.05, 0.1) is 0 Å². The Balaban J connectivity index is 2.26. The summed E-state index contributed by atoms with van der Waals surface area (Å²) >= 11 is 0. The molecule has 0 saturated heterocycles. The van der Waals surface area contributed by atoms with Crippen LogP contribution in [0.1, 0.15) is 52.4 Å². The fourth-order valence-electron chi connectivity index (χ4n) is 2.48. The van der Waals surface area contributed by atoms with E-state index in [1.807, 2.05) is 0 Å². The molecule has 1 fully saturated rings. The Labute approximate surface area is 76.2 Å². The molecule has 72 valence electrons. The van der Waals surface area contributed by atoms with Gasteiger partial charge in [0.1, 0.15) is 0 Å². The molecule has 1 atom stereocenters. The van der Waals surface area contributed by atoms with Crippen LogP contribution in [0.2, 0.25) is 0 Å². The fourth-order valence-corrected chi connectivity index (χ4v) is 2.48. The molecule has 1 saturated carbocycles. The summed E-state index contributed by atoms with van der Waals surface area (Å²) in [4.78, 5) is 0. The number of aliphatic hydroxyl groups excluding tert-OH is 1. The van der Waals surface area contributed by atoms with Crippen LogP contribution < -0.4 is 0 Å². The van der Waals surface area contributed by atoms with E-state index in [4.69, 9.17) is 5.11 Å². The molecule has 0 aromatic heterocycles. The van der Waals surface area contributed by atoms with Gasteiger partial charge in [-0.2, -0.15) is 0 Å². The minimum absolute atomic E-state index is 0.372. The lowest BCUT2D eigenvalue weighted by Crippen LogP contribution is -2.22. The van der Waals surface area contributed by atoms with Crippen LogP contribution in [-0.2, 0) is 0 Å². The summed E-state index contributed by atoms with van der Waals surface area (Å²) in [5.74, 6) is 0.890. The van der Waals surface area contributed by atoms with Crippen LogP contribution in [0.3, 0.4) is 0 Å². The highest BCUT2D eigenvalue weighted by Gasteiger charge is 2.27. The largest absolute Gasteiger partial charge is 0.396 e. The van der Waals surface area contributed by atoms with Gasteiger partial charge in [-0.15, -0.1) is 0 Å². The van der Waals surface area contributed by atoms with Gasteiger partial charge >= 0.3 is 0 Å². The topological polar surface area (TPSA) is 20.2 Å². The predicted octanol–water partition coefficient (Wildman–Crippen LogP) is 2.98. The Morgan fingerprint density at radius 3 is 2.75 bits per heavy atom. The van der Waals surface area contributed by atoms with E-state index >= 15 is 0 Å². The van der Waals surface area contributed by atoms with E-state index in [0.717, 1.165) is 12.3 Å². The lowest BCUT2D eigenvalue weighted by Gasteiger charge is -2.35. The molecule has 0 aromatic carbocycles. The molecule has 0 aliphatic heterocycles. The Kier molecular flexibility index (Phi) is 3.57. The molecule has 1 heteroatoms. The molecular weight excluding hydrogens is 148 g/mol. The molecule has 1 unspecified atom stereocenters. The molecule has 1 N–H and O–H groups in total. The minimum Gasteiger partial charge on any atom is -0.396 e. The molecule has 0 aromatic rings. The van der Waals surface area contributed by atoms with Crippen LogP contribution in [0, 0.1) is 11.3 Å². The molecule has 1 aliphatic carbocycles. The van der Waals surface area contributed by atoms with E-state index in [9.17, 15) is 0 Å². The summed E-state index contributed by atoms with van der Waals surface area (Å²) in [5, 5.41) is 8.73. The van der Waals surface area contributed by atoms with Gasteiger partial charge in [0.15, 0.2) is 0 Å². The van der Waals surface area contributed by atoms with Gasteiger partial charge in [0.25, 0.3) is 0 Å². The van der Waals surface area contributed by atoms with Crippen molar-refractivity contribution in [2.75, 3.05) is 6.61 Å². The minimum atomic E-state index is 0.372. The van der Waals surface area contributed by atoms with E-state index in [1.165, 1.54) is 32.1 Å². The zero-order valence-electron chi connectivity index (χ0n) is 8.47. The zero-order chi connectivity index (χ0) is 9.03. The van der Waals surface area contributed by atoms with E-state index in [0.29, 0.717) is 12.0 Å². The van der Waals surface area contributed by atoms with Crippen molar-refractivity contribution in [2.24, 2.45) is 11.3 Å². The Morgan fingerprint density at radius 1 is 1.42 bits per heavy atom. The second-order valence-corrected chi connectivity index (χ2v) is 4.99. The van der Waals surface area contributed by atoms with E-state index in [-0.39, 0.29) is 0 Å². The van der Waals surface area contributed by atoms with Gasteiger partial charge < -0.3 is 5.11 Å². The second-order valence-electron chi connectivity index (χ2n) is 4.99. The predicted molar refractivity (Wildman–Crippen MR) is 52.1 cm³/mol. The van der Waals surface area contributed by atoms with Crippen molar-refractivity contribution in [2.45, 2.75) is 52.4 Å². The average molecular weight is 170 g/mol. The van der Waals surface area contributed by atoms with Gasteiger partial charge in [-0.3, -0.25) is 0 Å². The zero-order valence-corrected chi connectivity index (χ0v) is 8.47. The molecular formula is C11H22O. The number of hydrogen-bond donors (Lipinski definition) is 1. The quantitative estimate of drug-likeness (QED) is 0.690. The first-order valence-corrected chi connectivity index (χ1v) is 5.25. The standard InChI is InChI=1S/C11H22O/c1-11(2)7-3-5-10(9-11)6-4-8-12/h10,12H,3-9H2,1-2H3. The van der Waals surface area contributed by atoms with E-state index in [2.05, 4.69) is 13.8 Å². The van der Waals surface area contributed by atoms with Gasteiger partial charge in [0, 0.05) is 6.61 Å². The normalized spacial score (nSPS) is 28.8. The van der Waals surface area contributed by atoms with Crippen LogP contribution in [0.5, 0.6) is 0 Å². The van der Waals surface area contributed by atoms with Crippen molar-refractivity contribution in [1.29, 1.82) is 0 Å². The molecule has 1 nitrogen and oxygen atoms in total. The van der Waals surface area contributed by atoms with Crippen molar-refractivity contribution in [3.8, 4) is 0 Å². The maximum atomic E-state index is 8.73. The third-order valence-electron chi connectivity index (χ3n) is 3.08. The first-order chi connectivity index (χ1) is 5.64. The Bertz CT molecular complexity index is 129. The van der Waals surface area contributed by atoms with Crippen LogP contribution in [0.15, 0.2) is 0 Å². The summed E-state index contributed by atoms with van der Waals surface area (Å²) in [7, 11) is 0. The summed E-state index contributed by atoms with van der Waals surface area (Å²) < 4.78 is 0. The van der Waals surface area contributed by atoms with Crippen LogP contribution in [0.4, 0.5) is 0 Å². The Hall–Kier alpha value is -0.0400. The molecule has 12 heavy (non-hydrogen) atoms. The van der Waals surface area contributed by atoms with Gasteiger partial charge in [-0.05, 0) is 37.0 Å². The van der Waals surface area contributed by atoms with Crippen molar-refractivity contribution >= 4 is 0 Å². The SMILES string of the molecule is CC1(C)CCCC(CCCO)C1. The van der Waals surface area contributed by atoms with E-state index in [1.54, 1.807) is 0 Å². The molecule has 0 bridgehead atoms. The summed E-state index contributed by atoms with van der Waals surface area (Å²) in [6, 6.07) is 0. The number of hydrogen-bond acceptors (Lipinski definition) is 1. The average Bonchev–Trinajstić information content (AvgIpc) is 1.99. The summed E-state index contributed by atoms with van der Waals surface area (Å²) in [5.41, 5.74) is 0.568. The lowest BCUT2D eigenvalue weighted by molar-refractivity contribution is 0.162. The van der Waals surface area contributed by atoms with Crippen LogP contribution in [0.25, 0.3) is 0 Å².